The van der Waals surface area contributed by atoms with Gasteiger partial charge in [0.1, 0.15) is 11.0 Å². The molecule has 1 aliphatic rings. The zero-order valence-electron chi connectivity index (χ0n) is 13.5. The molecule has 0 N–H and O–H groups in total. The Morgan fingerprint density at radius 2 is 1.67 bits per heavy atom. The number of benzene rings is 2. The van der Waals surface area contributed by atoms with Crippen LogP contribution in [0.1, 0.15) is 10.4 Å². The van der Waals surface area contributed by atoms with Crippen molar-refractivity contribution in [1.82, 2.24) is 13.6 Å². The fourth-order valence-corrected chi connectivity index (χ4v) is 3.71. The van der Waals surface area contributed by atoms with Gasteiger partial charge in [0.2, 0.25) is 0 Å². The third-order valence-electron chi connectivity index (χ3n) is 4.62. The SMILES string of the molecule is CN1CCN(c2ccc(-c3ccc(C=O)c4nsnc34)cc2)CC1. The van der Waals surface area contributed by atoms with E-state index >= 15 is 0 Å². The molecule has 3 aromatic rings. The highest BCUT2D eigenvalue weighted by molar-refractivity contribution is 7.00. The quantitative estimate of drug-likeness (QED) is 0.687. The number of piperazine rings is 1. The summed E-state index contributed by atoms with van der Waals surface area (Å²) in [6, 6.07) is 12.4. The topological polar surface area (TPSA) is 49.3 Å². The van der Waals surface area contributed by atoms with E-state index in [0.717, 1.165) is 60.8 Å². The lowest BCUT2D eigenvalue weighted by atomic mass is 10.0. The molecular formula is C18H18N4OS. The Labute approximate surface area is 144 Å². The monoisotopic (exact) mass is 338 g/mol. The Balaban J connectivity index is 1.66. The van der Waals surface area contributed by atoms with Gasteiger partial charge in [-0.15, -0.1) is 0 Å². The van der Waals surface area contributed by atoms with Crippen molar-refractivity contribution in [3.8, 4) is 11.1 Å². The second-order valence-corrected chi connectivity index (χ2v) is 6.65. The van der Waals surface area contributed by atoms with Crippen LogP contribution in [-0.2, 0) is 0 Å². The van der Waals surface area contributed by atoms with Crippen molar-refractivity contribution >= 4 is 34.7 Å². The fraction of sp³-hybridized carbons (Fsp3) is 0.278. The average molecular weight is 338 g/mol. The first kappa shape index (κ1) is 15.2. The molecule has 0 unspecified atom stereocenters. The number of rotatable bonds is 3. The van der Waals surface area contributed by atoms with E-state index in [1.54, 1.807) is 0 Å². The third kappa shape index (κ3) is 2.68. The van der Waals surface area contributed by atoms with Gasteiger partial charge in [-0.1, -0.05) is 18.2 Å². The van der Waals surface area contributed by atoms with Crippen molar-refractivity contribution in [3.05, 3.63) is 42.0 Å². The normalized spacial score (nSPS) is 15.8. The Kier molecular flexibility index (Phi) is 4.00. The first-order chi connectivity index (χ1) is 11.8. The lowest BCUT2D eigenvalue weighted by Crippen LogP contribution is -2.44. The summed E-state index contributed by atoms with van der Waals surface area (Å²) in [6.45, 7) is 4.31. The number of hydrogen-bond donors (Lipinski definition) is 0. The van der Waals surface area contributed by atoms with Gasteiger partial charge in [-0.25, -0.2) is 0 Å². The van der Waals surface area contributed by atoms with E-state index in [9.17, 15) is 4.79 Å². The molecular weight excluding hydrogens is 320 g/mol. The highest BCUT2D eigenvalue weighted by Crippen LogP contribution is 2.30. The van der Waals surface area contributed by atoms with Gasteiger partial charge < -0.3 is 9.80 Å². The molecule has 0 spiro atoms. The summed E-state index contributed by atoms with van der Waals surface area (Å²) in [5.74, 6) is 0. The van der Waals surface area contributed by atoms with Gasteiger partial charge in [0.05, 0.1) is 11.7 Å². The molecule has 1 aromatic heterocycles. The largest absolute Gasteiger partial charge is 0.369 e. The maximum Gasteiger partial charge on any atom is 0.152 e. The molecule has 0 amide bonds. The van der Waals surface area contributed by atoms with Crippen LogP contribution in [0.2, 0.25) is 0 Å². The molecule has 24 heavy (non-hydrogen) atoms. The van der Waals surface area contributed by atoms with Crippen LogP contribution in [0.15, 0.2) is 36.4 Å². The fourth-order valence-electron chi connectivity index (χ4n) is 3.13. The standard InChI is InChI=1S/C18H18N4OS/c1-21-8-10-22(11-9-21)15-5-2-13(3-6-15)16-7-4-14(12-23)17-18(16)20-24-19-17/h2-7,12H,8-11H2,1H3. The number of carbonyl (C=O) groups is 1. The molecule has 1 fully saturated rings. The number of aldehydes is 1. The molecule has 2 aromatic carbocycles. The van der Waals surface area contributed by atoms with Crippen molar-refractivity contribution in [2.75, 3.05) is 38.1 Å². The van der Waals surface area contributed by atoms with Crippen molar-refractivity contribution in [2.24, 2.45) is 0 Å². The number of likely N-dealkylation sites (N-methyl/N-ethyl adjacent to an activating group) is 1. The van der Waals surface area contributed by atoms with E-state index in [-0.39, 0.29) is 0 Å². The van der Waals surface area contributed by atoms with Gasteiger partial charge in [-0.2, -0.15) is 8.75 Å². The second kappa shape index (κ2) is 6.30. The summed E-state index contributed by atoms with van der Waals surface area (Å²) in [4.78, 5) is 15.9. The van der Waals surface area contributed by atoms with Gasteiger partial charge in [-0.05, 0) is 30.8 Å². The van der Waals surface area contributed by atoms with Crippen LogP contribution in [0.3, 0.4) is 0 Å². The van der Waals surface area contributed by atoms with Crippen LogP contribution >= 0.6 is 11.7 Å². The first-order valence-corrected chi connectivity index (χ1v) is 8.73. The minimum absolute atomic E-state index is 0.594. The molecule has 0 saturated carbocycles. The zero-order valence-corrected chi connectivity index (χ0v) is 14.3. The highest BCUT2D eigenvalue weighted by atomic mass is 32.1. The molecule has 5 nitrogen and oxygen atoms in total. The van der Waals surface area contributed by atoms with Crippen LogP contribution < -0.4 is 4.90 Å². The predicted octanol–water partition coefficient (Wildman–Crippen LogP) is 2.92. The molecule has 122 valence electrons. The van der Waals surface area contributed by atoms with E-state index in [4.69, 9.17) is 0 Å². The minimum Gasteiger partial charge on any atom is -0.369 e. The van der Waals surface area contributed by atoms with Crippen LogP contribution in [0.5, 0.6) is 0 Å². The van der Waals surface area contributed by atoms with Gasteiger partial charge in [0.15, 0.2) is 6.29 Å². The summed E-state index contributed by atoms with van der Waals surface area (Å²) in [6.07, 6.45) is 0.837. The predicted molar refractivity (Wildman–Crippen MR) is 97.9 cm³/mol. The summed E-state index contributed by atoms with van der Waals surface area (Å²) < 4.78 is 8.64. The maximum absolute atomic E-state index is 11.1. The maximum atomic E-state index is 11.1. The second-order valence-electron chi connectivity index (χ2n) is 6.12. The summed E-state index contributed by atoms with van der Waals surface area (Å²) in [7, 11) is 2.16. The molecule has 6 heteroatoms. The average Bonchev–Trinajstić information content (AvgIpc) is 3.12. The number of anilines is 1. The van der Waals surface area contributed by atoms with E-state index in [2.05, 4.69) is 49.9 Å². The molecule has 4 rings (SSSR count). The molecule has 1 aliphatic heterocycles. The number of hydrogen-bond acceptors (Lipinski definition) is 6. The van der Waals surface area contributed by atoms with E-state index in [0.29, 0.717) is 11.1 Å². The Morgan fingerprint density at radius 3 is 2.38 bits per heavy atom. The lowest BCUT2D eigenvalue weighted by Gasteiger charge is -2.34. The molecule has 0 aliphatic carbocycles. The van der Waals surface area contributed by atoms with Gasteiger partial charge in [-0.3, -0.25) is 4.79 Å². The summed E-state index contributed by atoms with van der Waals surface area (Å²) >= 11 is 1.15. The molecule has 0 bridgehead atoms. The van der Waals surface area contributed by atoms with Crippen LogP contribution in [0.4, 0.5) is 5.69 Å². The molecule has 0 radical (unpaired) electrons. The lowest BCUT2D eigenvalue weighted by molar-refractivity contribution is 0.112. The van der Waals surface area contributed by atoms with Crippen LogP contribution in [-0.4, -0.2) is 53.2 Å². The van der Waals surface area contributed by atoms with Crippen molar-refractivity contribution in [1.29, 1.82) is 0 Å². The smallest absolute Gasteiger partial charge is 0.152 e. The molecule has 1 saturated heterocycles. The molecule has 0 atom stereocenters. The number of nitrogens with zero attached hydrogens (tertiary/aromatic N) is 4. The van der Waals surface area contributed by atoms with Gasteiger partial charge in [0.25, 0.3) is 0 Å². The number of carbonyl (C=O) groups excluding carboxylic acids is 1. The van der Waals surface area contributed by atoms with E-state index in [1.807, 2.05) is 12.1 Å². The van der Waals surface area contributed by atoms with E-state index < -0.39 is 0 Å². The molecule has 2 heterocycles. The van der Waals surface area contributed by atoms with Crippen molar-refractivity contribution < 1.29 is 4.79 Å². The van der Waals surface area contributed by atoms with Gasteiger partial charge in [0, 0.05) is 43.0 Å². The summed E-state index contributed by atoms with van der Waals surface area (Å²) in [5.41, 5.74) is 5.46. The Bertz CT molecular complexity index is 866. The highest BCUT2D eigenvalue weighted by Gasteiger charge is 2.15. The van der Waals surface area contributed by atoms with E-state index in [1.165, 1.54) is 5.69 Å². The Morgan fingerprint density at radius 1 is 0.958 bits per heavy atom. The Hall–Kier alpha value is -2.31. The van der Waals surface area contributed by atoms with Crippen molar-refractivity contribution in [2.45, 2.75) is 0 Å². The van der Waals surface area contributed by atoms with Crippen molar-refractivity contribution in [3.63, 3.8) is 0 Å². The first-order valence-electron chi connectivity index (χ1n) is 8.00. The van der Waals surface area contributed by atoms with Crippen LogP contribution in [0.25, 0.3) is 22.2 Å². The number of aromatic nitrogens is 2. The van der Waals surface area contributed by atoms with Gasteiger partial charge >= 0.3 is 0 Å². The third-order valence-corrected chi connectivity index (χ3v) is 5.15. The van der Waals surface area contributed by atoms with Crippen LogP contribution in [0, 0.1) is 0 Å². The minimum atomic E-state index is 0.594. The summed E-state index contributed by atoms with van der Waals surface area (Å²) in [5, 5.41) is 0. The zero-order chi connectivity index (χ0) is 16.5. The number of fused-ring (bicyclic) bond motifs is 1.